The van der Waals surface area contributed by atoms with Gasteiger partial charge < -0.3 is 19.3 Å². The van der Waals surface area contributed by atoms with Crippen molar-refractivity contribution in [1.29, 1.82) is 0 Å². The SMILES string of the molecule is COc1cc(-n2ccc(OCc3ccccc3)cc2=O)ccc1N1CCC(N(C)C)C1. The summed E-state index contributed by atoms with van der Waals surface area (Å²) in [5, 5.41) is 0. The molecule has 0 N–H and O–H groups in total. The van der Waals surface area contributed by atoms with E-state index in [2.05, 4.69) is 23.9 Å². The number of pyridine rings is 1. The van der Waals surface area contributed by atoms with Crippen LogP contribution >= 0.6 is 0 Å². The summed E-state index contributed by atoms with van der Waals surface area (Å²) in [6, 6.07) is 19.7. The van der Waals surface area contributed by atoms with Crippen LogP contribution in [0.15, 0.2) is 71.7 Å². The first-order valence-corrected chi connectivity index (χ1v) is 10.5. The van der Waals surface area contributed by atoms with E-state index in [4.69, 9.17) is 9.47 Å². The van der Waals surface area contributed by atoms with Crippen molar-refractivity contribution in [2.45, 2.75) is 19.1 Å². The van der Waals surface area contributed by atoms with Crippen LogP contribution in [0.5, 0.6) is 11.5 Å². The Hall–Kier alpha value is -3.25. The molecule has 1 saturated heterocycles. The zero-order valence-electron chi connectivity index (χ0n) is 18.3. The second kappa shape index (κ2) is 9.27. The molecule has 0 saturated carbocycles. The van der Waals surface area contributed by atoms with Gasteiger partial charge in [-0.15, -0.1) is 0 Å². The summed E-state index contributed by atoms with van der Waals surface area (Å²) in [5.74, 6) is 1.33. The highest BCUT2D eigenvalue weighted by molar-refractivity contribution is 5.63. The second-order valence-corrected chi connectivity index (χ2v) is 8.05. The zero-order chi connectivity index (χ0) is 21.8. The number of hydrogen-bond donors (Lipinski definition) is 0. The average Bonchev–Trinajstić information content (AvgIpc) is 3.28. The van der Waals surface area contributed by atoms with Gasteiger partial charge in [-0.2, -0.15) is 0 Å². The summed E-state index contributed by atoms with van der Waals surface area (Å²) in [6.45, 7) is 2.39. The normalized spacial score (nSPS) is 16.0. The van der Waals surface area contributed by atoms with E-state index in [0.717, 1.165) is 42.2 Å². The van der Waals surface area contributed by atoms with Gasteiger partial charge in [0.15, 0.2) is 0 Å². The summed E-state index contributed by atoms with van der Waals surface area (Å²) in [6.07, 6.45) is 2.87. The van der Waals surface area contributed by atoms with Crippen molar-refractivity contribution in [1.82, 2.24) is 9.47 Å². The quantitative estimate of drug-likeness (QED) is 0.586. The van der Waals surface area contributed by atoms with Crippen LogP contribution in [0.4, 0.5) is 5.69 Å². The minimum absolute atomic E-state index is 0.144. The Kier molecular flexibility index (Phi) is 6.28. The van der Waals surface area contributed by atoms with Crippen LogP contribution in [-0.2, 0) is 6.61 Å². The Balaban J connectivity index is 1.52. The lowest BCUT2D eigenvalue weighted by Gasteiger charge is -2.24. The number of aromatic nitrogens is 1. The van der Waals surface area contributed by atoms with Gasteiger partial charge in [0.25, 0.3) is 5.56 Å². The third kappa shape index (κ3) is 4.75. The predicted molar refractivity (Wildman–Crippen MR) is 124 cm³/mol. The van der Waals surface area contributed by atoms with Gasteiger partial charge in [0.1, 0.15) is 18.1 Å². The van der Waals surface area contributed by atoms with Gasteiger partial charge in [-0.3, -0.25) is 9.36 Å². The smallest absolute Gasteiger partial charge is 0.258 e. The molecule has 0 amide bonds. The molecule has 2 aromatic carbocycles. The molecule has 0 bridgehead atoms. The first-order chi connectivity index (χ1) is 15.0. The first kappa shape index (κ1) is 21.0. The lowest BCUT2D eigenvalue weighted by molar-refractivity contribution is 0.305. The van der Waals surface area contributed by atoms with Crippen molar-refractivity contribution >= 4 is 5.69 Å². The summed E-state index contributed by atoms with van der Waals surface area (Å²) < 4.78 is 13.1. The molecule has 162 valence electrons. The minimum Gasteiger partial charge on any atom is -0.495 e. The molecule has 0 spiro atoms. The van der Waals surface area contributed by atoms with Gasteiger partial charge in [0, 0.05) is 37.5 Å². The summed E-state index contributed by atoms with van der Waals surface area (Å²) in [4.78, 5) is 17.3. The van der Waals surface area contributed by atoms with Crippen LogP contribution in [0.3, 0.4) is 0 Å². The van der Waals surface area contributed by atoms with Gasteiger partial charge in [-0.05, 0) is 44.3 Å². The third-order valence-corrected chi connectivity index (χ3v) is 5.82. The lowest BCUT2D eigenvalue weighted by atomic mass is 10.2. The molecule has 3 aromatic rings. The van der Waals surface area contributed by atoms with Gasteiger partial charge in [0.05, 0.1) is 18.5 Å². The van der Waals surface area contributed by atoms with Crippen molar-refractivity contribution < 1.29 is 9.47 Å². The van der Waals surface area contributed by atoms with E-state index in [1.807, 2.05) is 54.6 Å². The molecule has 4 rings (SSSR count). The Morgan fingerprint density at radius 3 is 2.55 bits per heavy atom. The van der Waals surface area contributed by atoms with E-state index in [-0.39, 0.29) is 5.56 Å². The number of benzene rings is 2. The van der Waals surface area contributed by atoms with Crippen LogP contribution < -0.4 is 19.9 Å². The van der Waals surface area contributed by atoms with Crippen molar-refractivity contribution in [3.8, 4) is 17.2 Å². The summed E-state index contributed by atoms with van der Waals surface area (Å²) in [7, 11) is 5.91. The number of methoxy groups -OCH3 is 1. The third-order valence-electron chi connectivity index (χ3n) is 5.82. The van der Waals surface area contributed by atoms with E-state index in [1.165, 1.54) is 6.07 Å². The Morgan fingerprint density at radius 1 is 1.06 bits per heavy atom. The van der Waals surface area contributed by atoms with Gasteiger partial charge >= 0.3 is 0 Å². The number of ether oxygens (including phenoxy) is 2. The van der Waals surface area contributed by atoms with Crippen LogP contribution in [0.1, 0.15) is 12.0 Å². The second-order valence-electron chi connectivity index (χ2n) is 8.05. The summed E-state index contributed by atoms with van der Waals surface area (Å²) in [5.41, 5.74) is 2.75. The molecule has 6 nitrogen and oxygen atoms in total. The molecule has 1 aromatic heterocycles. The maximum atomic E-state index is 12.7. The average molecular weight is 420 g/mol. The van der Waals surface area contributed by atoms with Crippen LogP contribution in [-0.4, -0.2) is 49.8 Å². The van der Waals surface area contributed by atoms with E-state index in [9.17, 15) is 4.79 Å². The Labute approximate surface area is 183 Å². The van der Waals surface area contributed by atoms with Crippen molar-refractivity contribution in [3.05, 3.63) is 82.8 Å². The molecular formula is C25H29N3O3. The highest BCUT2D eigenvalue weighted by Gasteiger charge is 2.26. The number of anilines is 1. The molecule has 1 aliphatic rings. The molecule has 1 unspecified atom stereocenters. The molecule has 1 aliphatic heterocycles. The lowest BCUT2D eigenvalue weighted by Crippen LogP contribution is -2.31. The molecule has 1 atom stereocenters. The fourth-order valence-electron chi connectivity index (χ4n) is 3.96. The minimum atomic E-state index is -0.144. The molecule has 0 radical (unpaired) electrons. The standard InChI is InChI=1S/C25H29N3O3/c1-26(2)21-11-13-27(17-21)23-10-9-20(15-24(23)30-3)28-14-12-22(16-25(28)29)31-18-19-7-5-4-6-8-19/h4-10,12,14-16,21H,11,13,17-18H2,1-3H3. The molecule has 31 heavy (non-hydrogen) atoms. The Morgan fingerprint density at radius 2 is 1.87 bits per heavy atom. The number of nitrogens with zero attached hydrogens (tertiary/aromatic N) is 3. The number of hydrogen-bond acceptors (Lipinski definition) is 5. The number of rotatable bonds is 7. The fourth-order valence-corrected chi connectivity index (χ4v) is 3.96. The van der Waals surface area contributed by atoms with Gasteiger partial charge in [-0.25, -0.2) is 0 Å². The van der Waals surface area contributed by atoms with E-state index >= 15 is 0 Å². The molecule has 6 heteroatoms. The monoisotopic (exact) mass is 419 g/mol. The highest BCUT2D eigenvalue weighted by atomic mass is 16.5. The van der Waals surface area contributed by atoms with E-state index < -0.39 is 0 Å². The summed E-state index contributed by atoms with van der Waals surface area (Å²) >= 11 is 0. The van der Waals surface area contributed by atoms with Gasteiger partial charge in [0.2, 0.25) is 0 Å². The zero-order valence-corrected chi connectivity index (χ0v) is 18.3. The maximum absolute atomic E-state index is 12.7. The van der Waals surface area contributed by atoms with Crippen molar-refractivity contribution in [2.24, 2.45) is 0 Å². The van der Waals surface area contributed by atoms with Crippen LogP contribution in [0, 0.1) is 0 Å². The van der Waals surface area contributed by atoms with Crippen LogP contribution in [0.2, 0.25) is 0 Å². The van der Waals surface area contributed by atoms with E-state index in [1.54, 1.807) is 17.9 Å². The molecule has 2 heterocycles. The van der Waals surface area contributed by atoms with Crippen molar-refractivity contribution in [3.63, 3.8) is 0 Å². The topological polar surface area (TPSA) is 46.9 Å². The highest BCUT2D eigenvalue weighted by Crippen LogP contribution is 2.33. The van der Waals surface area contributed by atoms with Gasteiger partial charge in [-0.1, -0.05) is 30.3 Å². The molecule has 0 aliphatic carbocycles. The van der Waals surface area contributed by atoms with E-state index in [0.29, 0.717) is 18.4 Å². The van der Waals surface area contributed by atoms with Crippen molar-refractivity contribution in [2.75, 3.05) is 39.2 Å². The first-order valence-electron chi connectivity index (χ1n) is 10.5. The number of likely N-dealkylation sites (N-methyl/N-ethyl adjacent to an activating group) is 1. The van der Waals surface area contributed by atoms with Crippen LogP contribution in [0.25, 0.3) is 5.69 Å². The maximum Gasteiger partial charge on any atom is 0.258 e. The molecule has 1 fully saturated rings. The fraction of sp³-hybridized carbons (Fsp3) is 0.320. The molecular weight excluding hydrogens is 390 g/mol. The Bertz CT molecular complexity index is 1080. The largest absolute Gasteiger partial charge is 0.495 e. The predicted octanol–water partition coefficient (Wildman–Crippen LogP) is 3.57.